The number of piperidine rings is 1. The minimum atomic E-state index is -0.120. The van der Waals surface area contributed by atoms with E-state index in [0.717, 1.165) is 42.1 Å². The molecule has 0 saturated carbocycles. The Bertz CT molecular complexity index is 1090. The molecule has 180 valence electrons. The van der Waals surface area contributed by atoms with E-state index in [2.05, 4.69) is 4.90 Å². The molecule has 6 nitrogen and oxygen atoms in total. The lowest BCUT2D eigenvalue weighted by Gasteiger charge is -2.40. The molecule has 1 fully saturated rings. The van der Waals surface area contributed by atoms with Gasteiger partial charge in [0.25, 0.3) is 5.91 Å². The summed E-state index contributed by atoms with van der Waals surface area (Å²) < 4.78 is 10.6. The van der Waals surface area contributed by atoms with Gasteiger partial charge in [-0.3, -0.25) is 9.69 Å². The Morgan fingerprint density at radius 3 is 2.56 bits per heavy atom. The number of ether oxygens (including phenoxy) is 1. The summed E-state index contributed by atoms with van der Waals surface area (Å²) in [6.45, 7) is 2.42. The number of carbonyl (C=O) groups is 1. The van der Waals surface area contributed by atoms with Gasteiger partial charge in [-0.2, -0.15) is 0 Å². The molecule has 1 aromatic heterocycles. The van der Waals surface area contributed by atoms with Gasteiger partial charge in [-0.1, -0.05) is 41.9 Å². The van der Waals surface area contributed by atoms with Gasteiger partial charge in [0.2, 0.25) is 0 Å². The summed E-state index contributed by atoms with van der Waals surface area (Å²) in [7, 11) is 3.41. The normalized spacial score (nSPS) is 15.7. The zero-order valence-electron chi connectivity index (χ0n) is 19.6. The number of likely N-dealkylation sites (tertiary alicyclic amines) is 1. The van der Waals surface area contributed by atoms with Crippen molar-refractivity contribution in [2.75, 3.05) is 27.2 Å². The largest absolute Gasteiger partial charge is 0.504 e. The first kappa shape index (κ1) is 24.2. The van der Waals surface area contributed by atoms with Gasteiger partial charge in [0.1, 0.15) is 0 Å². The maximum atomic E-state index is 13.1. The van der Waals surface area contributed by atoms with Crippen LogP contribution in [-0.2, 0) is 13.0 Å². The topological polar surface area (TPSA) is 66.2 Å². The Hall–Kier alpha value is -2.96. The number of hydrogen-bond donors (Lipinski definition) is 1. The van der Waals surface area contributed by atoms with Gasteiger partial charge in [0.15, 0.2) is 17.3 Å². The van der Waals surface area contributed by atoms with Crippen molar-refractivity contribution in [3.8, 4) is 11.5 Å². The van der Waals surface area contributed by atoms with E-state index in [0.29, 0.717) is 30.4 Å². The van der Waals surface area contributed by atoms with Crippen molar-refractivity contribution in [2.24, 2.45) is 5.92 Å². The fourth-order valence-electron chi connectivity index (χ4n) is 4.83. The van der Waals surface area contributed by atoms with Gasteiger partial charge in [-0.15, -0.1) is 0 Å². The molecule has 7 heteroatoms. The summed E-state index contributed by atoms with van der Waals surface area (Å²) in [5, 5.41) is 11.2. The van der Waals surface area contributed by atoms with Crippen molar-refractivity contribution in [3.05, 3.63) is 82.8 Å². The highest BCUT2D eigenvalue weighted by atomic mass is 35.5. The summed E-state index contributed by atoms with van der Waals surface area (Å²) in [6, 6.07) is 16.8. The van der Waals surface area contributed by atoms with E-state index >= 15 is 0 Å². The van der Waals surface area contributed by atoms with Crippen molar-refractivity contribution < 1.29 is 19.1 Å². The number of amides is 1. The molecule has 0 bridgehead atoms. The van der Waals surface area contributed by atoms with Crippen LogP contribution in [0.25, 0.3) is 0 Å². The molecule has 1 aliphatic heterocycles. The van der Waals surface area contributed by atoms with Crippen molar-refractivity contribution in [1.29, 1.82) is 0 Å². The molecule has 1 aliphatic rings. The van der Waals surface area contributed by atoms with Crippen LogP contribution < -0.4 is 4.74 Å². The predicted molar refractivity (Wildman–Crippen MR) is 132 cm³/mol. The quantitative estimate of drug-likeness (QED) is 0.475. The molecular formula is C27H31ClN2O4. The number of hydrogen-bond acceptors (Lipinski definition) is 5. The average Bonchev–Trinajstić information content (AvgIpc) is 3.40. The van der Waals surface area contributed by atoms with Crippen LogP contribution in [0.5, 0.6) is 11.5 Å². The van der Waals surface area contributed by atoms with Crippen LogP contribution >= 0.6 is 11.6 Å². The molecule has 1 atom stereocenters. The van der Waals surface area contributed by atoms with Crippen LogP contribution in [0.15, 0.2) is 65.3 Å². The van der Waals surface area contributed by atoms with E-state index < -0.39 is 0 Å². The molecule has 0 spiro atoms. The highest BCUT2D eigenvalue weighted by Crippen LogP contribution is 2.33. The van der Waals surface area contributed by atoms with Gasteiger partial charge >= 0.3 is 0 Å². The molecule has 1 saturated heterocycles. The van der Waals surface area contributed by atoms with Gasteiger partial charge < -0.3 is 19.2 Å². The third kappa shape index (κ3) is 5.40. The number of furan rings is 1. The molecule has 0 radical (unpaired) electrons. The first-order valence-corrected chi connectivity index (χ1v) is 12.0. The number of nitrogens with zero attached hydrogens (tertiary/aromatic N) is 2. The number of methoxy groups -OCH3 is 1. The van der Waals surface area contributed by atoms with E-state index in [4.69, 9.17) is 20.8 Å². The first-order chi connectivity index (χ1) is 16.5. The van der Waals surface area contributed by atoms with Crippen molar-refractivity contribution in [1.82, 2.24) is 9.80 Å². The van der Waals surface area contributed by atoms with Crippen molar-refractivity contribution in [2.45, 2.75) is 31.8 Å². The molecular weight excluding hydrogens is 452 g/mol. The molecule has 1 N–H and O–H groups in total. The number of likely N-dealkylation sites (N-methyl/N-ethyl adjacent to an activating group) is 1. The fraction of sp³-hybridized carbons (Fsp3) is 0.370. The summed E-state index contributed by atoms with van der Waals surface area (Å²) in [4.78, 5) is 17.3. The number of benzene rings is 2. The Kier molecular flexibility index (Phi) is 7.80. The zero-order valence-corrected chi connectivity index (χ0v) is 20.4. The number of aromatic hydroxyl groups is 1. The highest BCUT2D eigenvalue weighted by molar-refractivity contribution is 6.31. The molecule has 2 heterocycles. The monoisotopic (exact) mass is 482 g/mol. The first-order valence-electron chi connectivity index (χ1n) is 11.6. The SMILES string of the molecule is COc1cccc(CN2CCC(C(Cc3ccccc3Cl)N(C)C(=O)c3ccco3)CC2)c1O. The summed E-state index contributed by atoms with van der Waals surface area (Å²) in [5.74, 6) is 1.23. The smallest absolute Gasteiger partial charge is 0.289 e. The summed E-state index contributed by atoms with van der Waals surface area (Å²) in [5.41, 5.74) is 1.90. The number of rotatable bonds is 8. The Morgan fingerprint density at radius 1 is 1.15 bits per heavy atom. The average molecular weight is 483 g/mol. The van der Waals surface area contributed by atoms with Crippen LogP contribution in [0.4, 0.5) is 0 Å². The second kappa shape index (κ2) is 11.0. The molecule has 34 heavy (non-hydrogen) atoms. The maximum absolute atomic E-state index is 13.1. The van der Waals surface area contributed by atoms with E-state index in [1.54, 1.807) is 25.3 Å². The second-order valence-corrected chi connectivity index (χ2v) is 9.25. The van der Waals surface area contributed by atoms with Gasteiger partial charge in [0, 0.05) is 30.2 Å². The van der Waals surface area contributed by atoms with Gasteiger partial charge in [-0.25, -0.2) is 0 Å². The molecule has 1 amide bonds. The van der Waals surface area contributed by atoms with E-state index in [1.165, 1.54) is 6.26 Å². The van der Waals surface area contributed by atoms with Crippen molar-refractivity contribution in [3.63, 3.8) is 0 Å². The molecule has 2 aromatic carbocycles. The Labute approximate surface area is 205 Å². The number of carbonyl (C=O) groups excluding carboxylic acids is 1. The lowest BCUT2D eigenvalue weighted by atomic mass is 9.84. The fourth-order valence-corrected chi connectivity index (χ4v) is 5.04. The standard InChI is InChI=1S/C27H31ClN2O4/c1-29(27(32)25-11-6-16-34-25)23(17-20-7-3-4-9-22(20)28)19-12-14-30(15-13-19)18-21-8-5-10-24(33-2)26(21)31/h3-11,16,19,23,31H,12-15,17-18H2,1-2H3. The third-order valence-electron chi connectivity index (χ3n) is 6.81. The lowest BCUT2D eigenvalue weighted by molar-refractivity contribution is 0.0555. The van der Waals surface area contributed by atoms with Crippen LogP contribution in [0.3, 0.4) is 0 Å². The number of halogens is 1. The highest BCUT2D eigenvalue weighted by Gasteiger charge is 2.33. The molecule has 3 aromatic rings. The zero-order chi connectivity index (χ0) is 24.1. The maximum Gasteiger partial charge on any atom is 0.289 e. The minimum Gasteiger partial charge on any atom is -0.504 e. The van der Waals surface area contributed by atoms with Gasteiger partial charge in [0.05, 0.1) is 13.4 Å². The predicted octanol–water partition coefficient (Wildman–Crippen LogP) is 5.24. The second-order valence-electron chi connectivity index (χ2n) is 8.84. The minimum absolute atomic E-state index is 0.00938. The Balaban J connectivity index is 1.48. The van der Waals surface area contributed by atoms with E-state index in [9.17, 15) is 9.90 Å². The van der Waals surface area contributed by atoms with Crippen LogP contribution in [0, 0.1) is 5.92 Å². The van der Waals surface area contributed by atoms with Gasteiger partial charge in [-0.05, 0) is 68.1 Å². The van der Waals surface area contributed by atoms with E-state index in [1.807, 2.05) is 48.3 Å². The van der Waals surface area contributed by atoms with Crippen LogP contribution in [0.2, 0.25) is 5.02 Å². The number of para-hydroxylation sites is 1. The van der Waals surface area contributed by atoms with Crippen LogP contribution in [-0.4, -0.2) is 54.1 Å². The van der Waals surface area contributed by atoms with Crippen LogP contribution in [0.1, 0.15) is 34.5 Å². The summed E-state index contributed by atoms with van der Waals surface area (Å²) in [6.07, 6.45) is 4.09. The Morgan fingerprint density at radius 2 is 1.88 bits per heavy atom. The third-order valence-corrected chi connectivity index (χ3v) is 7.18. The lowest BCUT2D eigenvalue weighted by Crippen LogP contribution is -2.47. The number of phenolic OH excluding ortho intramolecular Hbond substituents is 1. The molecule has 1 unspecified atom stereocenters. The number of phenols is 1. The molecule has 4 rings (SSSR count). The van der Waals surface area contributed by atoms with Crippen molar-refractivity contribution >= 4 is 17.5 Å². The molecule has 0 aliphatic carbocycles. The summed E-state index contributed by atoms with van der Waals surface area (Å²) >= 11 is 6.48. The van der Waals surface area contributed by atoms with E-state index in [-0.39, 0.29) is 17.7 Å².